The molecule has 2 rings (SSSR count). The van der Waals surface area contributed by atoms with Crippen molar-refractivity contribution >= 4 is 15.9 Å². The number of hydrogen-bond acceptors (Lipinski definition) is 4. The van der Waals surface area contributed by atoms with E-state index in [0.717, 1.165) is 4.31 Å². The Kier molecular flexibility index (Phi) is 2.69. The zero-order valence-electron chi connectivity index (χ0n) is 8.46. The van der Waals surface area contributed by atoms with E-state index in [9.17, 15) is 13.2 Å². The van der Waals surface area contributed by atoms with Crippen molar-refractivity contribution in [2.75, 3.05) is 13.2 Å². The molecular formula is C10H11NO4S. The van der Waals surface area contributed by atoms with E-state index in [2.05, 4.69) is 0 Å². The lowest BCUT2D eigenvalue weighted by molar-refractivity contribution is 0.0865. The Labute approximate surface area is 93.4 Å². The molecule has 1 aliphatic rings. The van der Waals surface area contributed by atoms with Crippen molar-refractivity contribution < 1.29 is 18.3 Å². The first-order valence-electron chi connectivity index (χ1n) is 4.86. The fraction of sp³-hybridized carbons (Fsp3) is 0.300. The summed E-state index contributed by atoms with van der Waals surface area (Å²) in [6, 6.07) is 6.12. The van der Waals surface area contributed by atoms with Crippen molar-refractivity contribution in [2.45, 2.75) is 11.3 Å². The van der Waals surface area contributed by atoms with Gasteiger partial charge in [0.2, 0.25) is 0 Å². The van der Waals surface area contributed by atoms with Crippen LogP contribution in [0.4, 0.5) is 0 Å². The first-order chi connectivity index (χ1) is 7.59. The maximum atomic E-state index is 11.9. The number of aliphatic hydroxyl groups excluding tert-OH is 1. The Morgan fingerprint density at radius 3 is 2.56 bits per heavy atom. The van der Waals surface area contributed by atoms with Crippen molar-refractivity contribution in [1.29, 1.82) is 0 Å². The zero-order valence-corrected chi connectivity index (χ0v) is 9.27. The van der Waals surface area contributed by atoms with Gasteiger partial charge in [0.25, 0.3) is 15.9 Å². The van der Waals surface area contributed by atoms with Gasteiger partial charge >= 0.3 is 0 Å². The summed E-state index contributed by atoms with van der Waals surface area (Å²) in [6.45, 7) is -0.123. The molecule has 5 nitrogen and oxygen atoms in total. The molecule has 1 aromatic rings. The third kappa shape index (κ3) is 1.50. The average molecular weight is 241 g/mol. The van der Waals surface area contributed by atoms with E-state index in [1.54, 1.807) is 12.1 Å². The van der Waals surface area contributed by atoms with Crippen molar-refractivity contribution in [3.63, 3.8) is 0 Å². The fourth-order valence-electron chi connectivity index (χ4n) is 1.67. The minimum Gasteiger partial charge on any atom is -0.396 e. The number of carbonyl (C=O) groups is 1. The Morgan fingerprint density at radius 1 is 1.25 bits per heavy atom. The number of carbonyl (C=O) groups excluding carboxylic acids is 1. The number of aliphatic hydroxyl groups is 1. The summed E-state index contributed by atoms with van der Waals surface area (Å²) < 4.78 is 24.7. The number of hydrogen-bond donors (Lipinski definition) is 1. The smallest absolute Gasteiger partial charge is 0.269 e. The molecule has 0 spiro atoms. The lowest BCUT2D eigenvalue weighted by Crippen LogP contribution is -2.31. The Morgan fingerprint density at radius 2 is 1.94 bits per heavy atom. The second kappa shape index (κ2) is 3.88. The summed E-state index contributed by atoms with van der Waals surface area (Å²) in [5.74, 6) is -0.510. The lowest BCUT2D eigenvalue weighted by Gasteiger charge is -2.13. The van der Waals surface area contributed by atoms with Gasteiger partial charge in [-0.15, -0.1) is 0 Å². The summed E-state index contributed by atoms with van der Waals surface area (Å²) >= 11 is 0. The zero-order chi connectivity index (χ0) is 11.8. The molecule has 0 saturated heterocycles. The molecule has 0 fully saturated rings. The van der Waals surface area contributed by atoms with Gasteiger partial charge in [-0.05, 0) is 18.6 Å². The van der Waals surface area contributed by atoms with Gasteiger partial charge in [0.1, 0.15) is 4.90 Å². The minimum atomic E-state index is -3.70. The van der Waals surface area contributed by atoms with Gasteiger partial charge in [0.05, 0.1) is 5.56 Å². The van der Waals surface area contributed by atoms with Crippen molar-refractivity contribution in [3.8, 4) is 0 Å². The first-order valence-corrected chi connectivity index (χ1v) is 6.30. The number of rotatable bonds is 3. The van der Waals surface area contributed by atoms with Crippen molar-refractivity contribution in [3.05, 3.63) is 29.8 Å². The van der Waals surface area contributed by atoms with E-state index in [-0.39, 0.29) is 30.0 Å². The molecular weight excluding hydrogens is 230 g/mol. The molecule has 1 heterocycles. The molecule has 86 valence electrons. The van der Waals surface area contributed by atoms with Crippen LogP contribution in [-0.4, -0.2) is 36.9 Å². The Balaban J connectivity index is 2.46. The van der Waals surface area contributed by atoms with Gasteiger partial charge in [-0.3, -0.25) is 4.79 Å². The highest BCUT2D eigenvalue weighted by Crippen LogP contribution is 2.29. The number of sulfonamides is 1. The predicted octanol–water partition coefficient (Wildman–Crippen LogP) is 0.214. The highest BCUT2D eigenvalue weighted by Gasteiger charge is 2.40. The van der Waals surface area contributed by atoms with Gasteiger partial charge in [-0.2, -0.15) is 0 Å². The summed E-state index contributed by atoms with van der Waals surface area (Å²) in [5.41, 5.74) is 0.209. The lowest BCUT2D eigenvalue weighted by atomic mass is 10.2. The van der Waals surface area contributed by atoms with Crippen LogP contribution in [0.5, 0.6) is 0 Å². The van der Waals surface area contributed by atoms with Gasteiger partial charge < -0.3 is 5.11 Å². The van der Waals surface area contributed by atoms with Crippen LogP contribution >= 0.6 is 0 Å². The molecule has 0 atom stereocenters. The molecule has 1 aromatic carbocycles. The number of nitrogens with zero attached hydrogens (tertiary/aromatic N) is 1. The van der Waals surface area contributed by atoms with Crippen LogP contribution < -0.4 is 0 Å². The quantitative estimate of drug-likeness (QED) is 0.821. The molecule has 1 aliphatic heterocycles. The first kappa shape index (κ1) is 11.1. The van der Waals surface area contributed by atoms with Gasteiger partial charge in [-0.1, -0.05) is 12.1 Å². The van der Waals surface area contributed by atoms with E-state index in [1.807, 2.05) is 0 Å². The molecule has 0 radical (unpaired) electrons. The van der Waals surface area contributed by atoms with Crippen molar-refractivity contribution in [2.24, 2.45) is 0 Å². The second-order valence-electron chi connectivity index (χ2n) is 3.46. The van der Waals surface area contributed by atoms with Crippen LogP contribution in [0.2, 0.25) is 0 Å². The number of amides is 1. The van der Waals surface area contributed by atoms with E-state index >= 15 is 0 Å². The van der Waals surface area contributed by atoms with Crippen LogP contribution in [0.1, 0.15) is 16.8 Å². The molecule has 0 bridgehead atoms. The largest absolute Gasteiger partial charge is 0.396 e. The van der Waals surface area contributed by atoms with Gasteiger partial charge in [-0.25, -0.2) is 12.7 Å². The maximum Gasteiger partial charge on any atom is 0.269 e. The molecule has 1 amide bonds. The second-order valence-corrected chi connectivity index (χ2v) is 5.29. The third-order valence-corrected chi connectivity index (χ3v) is 4.27. The summed E-state index contributed by atoms with van der Waals surface area (Å²) in [4.78, 5) is 11.8. The monoisotopic (exact) mass is 241 g/mol. The Bertz CT molecular complexity index is 523. The van der Waals surface area contributed by atoms with Crippen LogP contribution in [-0.2, 0) is 10.0 Å². The van der Waals surface area contributed by atoms with Crippen LogP contribution in [0.25, 0.3) is 0 Å². The highest BCUT2D eigenvalue weighted by molar-refractivity contribution is 7.90. The van der Waals surface area contributed by atoms with Gasteiger partial charge in [0.15, 0.2) is 0 Å². The fourth-order valence-corrected chi connectivity index (χ4v) is 3.27. The summed E-state index contributed by atoms with van der Waals surface area (Å²) in [7, 11) is -3.70. The number of benzene rings is 1. The maximum absolute atomic E-state index is 11.9. The highest BCUT2D eigenvalue weighted by atomic mass is 32.2. The normalized spacial score (nSPS) is 17.6. The molecule has 0 unspecified atom stereocenters. The van der Waals surface area contributed by atoms with Crippen LogP contribution in [0.15, 0.2) is 29.2 Å². The van der Waals surface area contributed by atoms with Crippen molar-refractivity contribution in [1.82, 2.24) is 4.31 Å². The van der Waals surface area contributed by atoms with E-state index in [1.165, 1.54) is 12.1 Å². The molecule has 6 heteroatoms. The molecule has 0 aromatic heterocycles. The predicted molar refractivity (Wildman–Crippen MR) is 56.4 cm³/mol. The van der Waals surface area contributed by atoms with E-state index in [0.29, 0.717) is 0 Å². The molecule has 1 N–H and O–H groups in total. The van der Waals surface area contributed by atoms with E-state index in [4.69, 9.17) is 5.11 Å². The standard InChI is InChI=1S/C10H11NO4S/c12-7-3-6-11-10(13)8-4-1-2-5-9(8)16(11,14)15/h1-2,4-5,12H,3,6-7H2. The third-order valence-electron chi connectivity index (χ3n) is 2.43. The molecule has 16 heavy (non-hydrogen) atoms. The van der Waals surface area contributed by atoms with Crippen LogP contribution in [0, 0.1) is 0 Å². The molecule has 0 aliphatic carbocycles. The van der Waals surface area contributed by atoms with Crippen LogP contribution in [0.3, 0.4) is 0 Å². The minimum absolute atomic E-state index is 0.0202. The summed E-state index contributed by atoms with van der Waals surface area (Å²) in [6.07, 6.45) is 0.249. The Hall–Kier alpha value is -1.40. The molecule has 0 saturated carbocycles. The summed E-state index contributed by atoms with van der Waals surface area (Å²) in [5, 5.41) is 8.67. The topological polar surface area (TPSA) is 74.7 Å². The number of fused-ring (bicyclic) bond motifs is 1. The van der Waals surface area contributed by atoms with E-state index < -0.39 is 15.9 Å². The average Bonchev–Trinajstić information content (AvgIpc) is 2.46. The van der Waals surface area contributed by atoms with Gasteiger partial charge in [0, 0.05) is 13.2 Å². The SMILES string of the molecule is O=C1c2ccccc2S(=O)(=O)N1CCCO.